The molecule has 1 unspecified atom stereocenters. The van der Waals surface area contributed by atoms with Gasteiger partial charge >= 0.3 is 0 Å². The molecular formula is C12H17ClN2S. The van der Waals surface area contributed by atoms with Crippen molar-refractivity contribution >= 4 is 29.1 Å². The van der Waals surface area contributed by atoms with Gasteiger partial charge in [-0.1, -0.05) is 24.6 Å². The van der Waals surface area contributed by atoms with Crippen LogP contribution in [0.2, 0.25) is 5.02 Å². The van der Waals surface area contributed by atoms with Crippen LogP contribution >= 0.6 is 23.4 Å². The van der Waals surface area contributed by atoms with Crippen LogP contribution in [0.1, 0.15) is 13.3 Å². The highest BCUT2D eigenvalue weighted by Gasteiger charge is 2.23. The number of nitrogens with two attached hydrogens (primary N) is 1. The molecule has 4 heteroatoms. The molecular weight excluding hydrogens is 240 g/mol. The highest BCUT2D eigenvalue weighted by Crippen LogP contribution is 2.42. The molecule has 0 fully saturated rings. The Bertz CT molecular complexity index is 370. The van der Waals surface area contributed by atoms with Gasteiger partial charge in [0.25, 0.3) is 0 Å². The SMILES string of the molecule is CC1CN(CCCN)c2c(Cl)cccc2S1. The van der Waals surface area contributed by atoms with Crippen LogP contribution in [0.15, 0.2) is 23.1 Å². The van der Waals surface area contributed by atoms with Gasteiger partial charge < -0.3 is 10.6 Å². The molecule has 2 N–H and O–H groups in total. The van der Waals surface area contributed by atoms with E-state index in [9.17, 15) is 0 Å². The summed E-state index contributed by atoms with van der Waals surface area (Å²) in [4.78, 5) is 3.66. The molecule has 0 spiro atoms. The first-order valence-electron chi connectivity index (χ1n) is 5.62. The van der Waals surface area contributed by atoms with E-state index in [-0.39, 0.29) is 0 Å². The monoisotopic (exact) mass is 256 g/mol. The van der Waals surface area contributed by atoms with Crippen LogP contribution in [0.25, 0.3) is 0 Å². The summed E-state index contributed by atoms with van der Waals surface area (Å²) in [5.41, 5.74) is 6.77. The third kappa shape index (κ3) is 2.47. The number of halogens is 1. The second-order valence-corrected chi connectivity index (χ2v) is 5.99. The molecule has 88 valence electrons. The zero-order valence-corrected chi connectivity index (χ0v) is 11.0. The minimum atomic E-state index is 0.615. The summed E-state index contributed by atoms with van der Waals surface area (Å²) in [6.45, 7) is 5.04. The van der Waals surface area contributed by atoms with E-state index in [0.29, 0.717) is 5.25 Å². The van der Waals surface area contributed by atoms with Crippen molar-refractivity contribution in [2.45, 2.75) is 23.5 Å². The minimum Gasteiger partial charge on any atom is -0.368 e. The molecule has 2 rings (SSSR count). The lowest BCUT2D eigenvalue weighted by atomic mass is 10.2. The molecule has 1 aliphatic heterocycles. The number of benzene rings is 1. The summed E-state index contributed by atoms with van der Waals surface area (Å²) >= 11 is 8.18. The van der Waals surface area contributed by atoms with E-state index in [1.54, 1.807) is 0 Å². The van der Waals surface area contributed by atoms with E-state index < -0.39 is 0 Å². The number of thioether (sulfide) groups is 1. The Morgan fingerprint density at radius 1 is 1.56 bits per heavy atom. The normalized spacial score (nSPS) is 19.7. The zero-order chi connectivity index (χ0) is 11.5. The second-order valence-electron chi connectivity index (χ2n) is 4.10. The van der Waals surface area contributed by atoms with Gasteiger partial charge in [-0.05, 0) is 25.1 Å². The topological polar surface area (TPSA) is 29.3 Å². The average molecular weight is 257 g/mol. The molecule has 1 aromatic carbocycles. The zero-order valence-electron chi connectivity index (χ0n) is 9.45. The van der Waals surface area contributed by atoms with Gasteiger partial charge in [0.2, 0.25) is 0 Å². The van der Waals surface area contributed by atoms with E-state index in [1.807, 2.05) is 23.9 Å². The fourth-order valence-corrected chi connectivity index (χ4v) is 3.58. The van der Waals surface area contributed by atoms with Gasteiger partial charge in [0.1, 0.15) is 0 Å². The fourth-order valence-electron chi connectivity index (χ4n) is 2.04. The average Bonchev–Trinajstić information content (AvgIpc) is 2.25. The van der Waals surface area contributed by atoms with Crippen LogP contribution in [-0.2, 0) is 0 Å². The lowest BCUT2D eigenvalue weighted by Gasteiger charge is -2.35. The summed E-state index contributed by atoms with van der Waals surface area (Å²) in [6.07, 6.45) is 1.02. The van der Waals surface area contributed by atoms with Crippen molar-refractivity contribution in [2.24, 2.45) is 5.73 Å². The van der Waals surface area contributed by atoms with Crippen molar-refractivity contribution in [3.63, 3.8) is 0 Å². The van der Waals surface area contributed by atoms with Gasteiger partial charge in [0, 0.05) is 23.2 Å². The molecule has 0 saturated heterocycles. The third-order valence-corrected chi connectivity index (χ3v) is 4.14. The van der Waals surface area contributed by atoms with Crippen molar-refractivity contribution in [1.29, 1.82) is 0 Å². The highest BCUT2D eigenvalue weighted by molar-refractivity contribution is 8.00. The van der Waals surface area contributed by atoms with Crippen molar-refractivity contribution in [3.05, 3.63) is 23.2 Å². The van der Waals surface area contributed by atoms with Crippen LogP contribution in [0.5, 0.6) is 0 Å². The second kappa shape index (κ2) is 5.30. The van der Waals surface area contributed by atoms with Gasteiger partial charge in [-0.3, -0.25) is 0 Å². The van der Waals surface area contributed by atoms with Crippen molar-refractivity contribution < 1.29 is 0 Å². The Balaban J connectivity index is 2.28. The molecule has 0 saturated carbocycles. The van der Waals surface area contributed by atoms with Gasteiger partial charge in [-0.15, -0.1) is 11.8 Å². The summed E-state index contributed by atoms with van der Waals surface area (Å²) < 4.78 is 0. The fraction of sp³-hybridized carbons (Fsp3) is 0.500. The summed E-state index contributed by atoms with van der Waals surface area (Å²) in [5, 5.41) is 1.47. The summed E-state index contributed by atoms with van der Waals surface area (Å²) in [6, 6.07) is 6.14. The maximum Gasteiger partial charge on any atom is 0.0694 e. The molecule has 0 bridgehead atoms. The molecule has 1 aromatic rings. The summed E-state index contributed by atoms with van der Waals surface area (Å²) in [5.74, 6) is 0. The lowest BCUT2D eigenvalue weighted by molar-refractivity contribution is 0.714. The van der Waals surface area contributed by atoms with E-state index in [4.69, 9.17) is 17.3 Å². The Hall–Kier alpha value is -0.380. The molecule has 0 aliphatic carbocycles. The van der Waals surface area contributed by atoms with Gasteiger partial charge in [-0.2, -0.15) is 0 Å². The number of para-hydroxylation sites is 1. The molecule has 0 amide bonds. The van der Waals surface area contributed by atoms with Crippen LogP contribution < -0.4 is 10.6 Å². The number of nitrogens with zero attached hydrogens (tertiary/aromatic N) is 1. The Morgan fingerprint density at radius 3 is 3.12 bits per heavy atom. The lowest BCUT2D eigenvalue weighted by Crippen LogP contribution is -2.35. The van der Waals surface area contributed by atoms with Crippen molar-refractivity contribution in [1.82, 2.24) is 0 Å². The van der Waals surface area contributed by atoms with E-state index in [0.717, 1.165) is 31.1 Å². The molecule has 2 nitrogen and oxygen atoms in total. The number of rotatable bonds is 3. The molecule has 0 radical (unpaired) electrons. The van der Waals surface area contributed by atoms with Crippen LogP contribution in [0.3, 0.4) is 0 Å². The number of anilines is 1. The smallest absolute Gasteiger partial charge is 0.0694 e. The van der Waals surface area contributed by atoms with Gasteiger partial charge in [-0.25, -0.2) is 0 Å². The quantitative estimate of drug-likeness (QED) is 0.902. The standard InChI is InChI=1S/C12H17ClN2S/c1-9-8-15(7-3-6-14)12-10(13)4-2-5-11(12)16-9/h2,4-5,9H,3,6-8,14H2,1H3. The van der Waals surface area contributed by atoms with Crippen molar-refractivity contribution in [2.75, 3.05) is 24.5 Å². The maximum atomic E-state index is 6.28. The summed E-state index contributed by atoms with van der Waals surface area (Å²) in [7, 11) is 0. The first-order valence-corrected chi connectivity index (χ1v) is 6.88. The maximum absolute atomic E-state index is 6.28. The Kier molecular flexibility index (Phi) is 4.00. The molecule has 1 heterocycles. The largest absolute Gasteiger partial charge is 0.368 e. The number of fused-ring (bicyclic) bond motifs is 1. The van der Waals surface area contributed by atoms with E-state index >= 15 is 0 Å². The minimum absolute atomic E-state index is 0.615. The number of hydrogen-bond donors (Lipinski definition) is 1. The predicted octanol–water partition coefficient (Wildman–Crippen LogP) is 2.99. The van der Waals surface area contributed by atoms with Gasteiger partial charge in [0.15, 0.2) is 0 Å². The predicted molar refractivity (Wildman–Crippen MR) is 72.7 cm³/mol. The molecule has 16 heavy (non-hydrogen) atoms. The Morgan fingerprint density at radius 2 is 2.38 bits per heavy atom. The van der Waals surface area contributed by atoms with Crippen LogP contribution in [0.4, 0.5) is 5.69 Å². The Labute approximate surface area is 106 Å². The van der Waals surface area contributed by atoms with Gasteiger partial charge in [0.05, 0.1) is 10.7 Å². The number of hydrogen-bond acceptors (Lipinski definition) is 3. The van der Waals surface area contributed by atoms with Crippen LogP contribution in [0, 0.1) is 0 Å². The van der Waals surface area contributed by atoms with Crippen molar-refractivity contribution in [3.8, 4) is 0 Å². The third-order valence-electron chi connectivity index (χ3n) is 2.70. The molecule has 1 atom stereocenters. The van der Waals surface area contributed by atoms with Crippen LogP contribution in [-0.4, -0.2) is 24.9 Å². The first-order chi connectivity index (χ1) is 7.72. The molecule has 0 aromatic heterocycles. The van der Waals surface area contributed by atoms with E-state index in [2.05, 4.69) is 17.9 Å². The molecule has 1 aliphatic rings. The highest BCUT2D eigenvalue weighted by atomic mass is 35.5. The first kappa shape index (κ1) is 12.1. The van der Waals surface area contributed by atoms with E-state index in [1.165, 1.54) is 10.6 Å².